The van der Waals surface area contributed by atoms with Gasteiger partial charge in [-0.05, 0) is 43.0 Å². The molecule has 0 N–H and O–H groups in total. The number of carbonyl (C=O) groups excluding carboxylic acids is 1. The number of aryl methyl sites for hydroxylation is 1. The summed E-state index contributed by atoms with van der Waals surface area (Å²) in [5.41, 5.74) is 2.00. The van der Waals surface area contributed by atoms with Crippen molar-refractivity contribution in [3.05, 3.63) is 28.8 Å². The van der Waals surface area contributed by atoms with E-state index in [9.17, 15) is 4.79 Å². The van der Waals surface area contributed by atoms with Crippen molar-refractivity contribution in [2.24, 2.45) is 5.92 Å². The van der Waals surface area contributed by atoms with Gasteiger partial charge in [-0.3, -0.25) is 4.79 Å². The van der Waals surface area contributed by atoms with E-state index in [1.165, 1.54) is 0 Å². The number of anilines is 1. The van der Waals surface area contributed by atoms with Crippen LogP contribution in [0.4, 0.5) is 5.69 Å². The van der Waals surface area contributed by atoms with E-state index in [1.54, 1.807) is 0 Å². The number of halogens is 1. The summed E-state index contributed by atoms with van der Waals surface area (Å²) in [6.07, 6.45) is 1.61. The van der Waals surface area contributed by atoms with E-state index >= 15 is 0 Å². The Hall–Kier alpha value is -1.02. The Morgan fingerprint density at radius 1 is 1.41 bits per heavy atom. The zero-order chi connectivity index (χ0) is 12.6. The number of hydrogen-bond donors (Lipinski definition) is 0. The fourth-order valence-corrected chi connectivity index (χ4v) is 2.57. The predicted octanol–water partition coefficient (Wildman–Crippen LogP) is 3.80. The van der Waals surface area contributed by atoms with E-state index in [1.807, 2.05) is 30.0 Å². The summed E-state index contributed by atoms with van der Waals surface area (Å²) < 4.78 is 0. The Labute approximate surface area is 108 Å². The molecule has 1 fully saturated rings. The van der Waals surface area contributed by atoms with Crippen molar-refractivity contribution in [1.29, 1.82) is 0 Å². The number of nitrogens with zero attached hydrogens (tertiary/aromatic N) is 1. The maximum absolute atomic E-state index is 12.0. The largest absolute Gasteiger partial charge is 0.309 e. The molecule has 3 heteroatoms. The summed E-state index contributed by atoms with van der Waals surface area (Å²) in [4.78, 5) is 13.9. The highest BCUT2D eigenvalue weighted by molar-refractivity contribution is 6.31. The third-order valence-electron chi connectivity index (χ3n) is 3.44. The van der Waals surface area contributed by atoms with Crippen LogP contribution < -0.4 is 4.90 Å². The second-order valence-corrected chi connectivity index (χ2v) is 5.45. The second-order valence-electron chi connectivity index (χ2n) is 5.05. The second kappa shape index (κ2) is 4.69. The highest BCUT2D eigenvalue weighted by Gasteiger charge is 2.33. The van der Waals surface area contributed by atoms with Crippen LogP contribution in [0, 0.1) is 12.8 Å². The van der Waals surface area contributed by atoms with Crippen LogP contribution in [0.25, 0.3) is 0 Å². The number of hydrogen-bond acceptors (Lipinski definition) is 1. The first kappa shape index (κ1) is 12.4. The summed E-state index contributed by atoms with van der Waals surface area (Å²) in [6.45, 7) is 6.30. The summed E-state index contributed by atoms with van der Waals surface area (Å²) in [5.74, 6) is 0.711. The molecule has 0 spiro atoms. The third-order valence-corrected chi connectivity index (χ3v) is 3.87. The van der Waals surface area contributed by atoms with Crippen molar-refractivity contribution in [3.8, 4) is 0 Å². The van der Waals surface area contributed by atoms with Crippen LogP contribution in [-0.4, -0.2) is 11.9 Å². The maximum atomic E-state index is 12.0. The van der Waals surface area contributed by atoms with Crippen LogP contribution in [0.3, 0.4) is 0 Å². The number of carbonyl (C=O) groups is 1. The van der Waals surface area contributed by atoms with Gasteiger partial charge in [-0.2, -0.15) is 0 Å². The van der Waals surface area contributed by atoms with Crippen LogP contribution in [-0.2, 0) is 4.79 Å². The van der Waals surface area contributed by atoms with Crippen LogP contribution in [0.5, 0.6) is 0 Å². The maximum Gasteiger partial charge on any atom is 0.227 e. The molecule has 2 rings (SSSR count). The first-order valence-corrected chi connectivity index (χ1v) is 6.46. The van der Waals surface area contributed by atoms with Gasteiger partial charge in [0.1, 0.15) is 0 Å². The third kappa shape index (κ3) is 2.32. The lowest BCUT2D eigenvalue weighted by Crippen LogP contribution is -2.36. The molecular weight excluding hydrogens is 234 g/mol. The molecule has 1 unspecified atom stereocenters. The van der Waals surface area contributed by atoms with Crippen molar-refractivity contribution in [2.45, 2.75) is 39.7 Å². The minimum atomic E-state index is 0.227. The van der Waals surface area contributed by atoms with Gasteiger partial charge < -0.3 is 4.90 Å². The van der Waals surface area contributed by atoms with Gasteiger partial charge in [0.2, 0.25) is 5.91 Å². The highest BCUT2D eigenvalue weighted by Crippen LogP contribution is 2.32. The summed E-state index contributed by atoms with van der Waals surface area (Å²) >= 11 is 6.02. The Balaban J connectivity index is 2.36. The smallest absolute Gasteiger partial charge is 0.227 e. The van der Waals surface area contributed by atoms with Gasteiger partial charge in [0.15, 0.2) is 0 Å². The first-order valence-electron chi connectivity index (χ1n) is 6.09. The fourth-order valence-electron chi connectivity index (χ4n) is 2.45. The molecular formula is C14H18ClNO. The van der Waals surface area contributed by atoms with E-state index in [2.05, 4.69) is 13.8 Å². The van der Waals surface area contributed by atoms with Gasteiger partial charge in [0.25, 0.3) is 0 Å². The summed E-state index contributed by atoms with van der Waals surface area (Å²) in [6, 6.07) is 6.13. The Morgan fingerprint density at radius 2 is 2.12 bits per heavy atom. The average molecular weight is 252 g/mol. The first-order chi connectivity index (χ1) is 8.00. The molecule has 1 aliphatic rings. The minimum Gasteiger partial charge on any atom is -0.309 e. The van der Waals surface area contributed by atoms with E-state index in [0.717, 1.165) is 22.7 Å². The van der Waals surface area contributed by atoms with Gasteiger partial charge in [0, 0.05) is 23.2 Å². The highest BCUT2D eigenvalue weighted by atomic mass is 35.5. The van der Waals surface area contributed by atoms with Crippen molar-refractivity contribution in [3.63, 3.8) is 0 Å². The van der Waals surface area contributed by atoms with Gasteiger partial charge in [0.05, 0.1) is 0 Å². The molecule has 1 aromatic rings. The lowest BCUT2D eigenvalue weighted by Gasteiger charge is -2.28. The molecule has 1 aromatic carbocycles. The summed E-state index contributed by atoms with van der Waals surface area (Å²) in [7, 11) is 0. The SMILES string of the molecule is Cc1cc(N2C(=O)CCC2C(C)C)ccc1Cl. The normalized spacial score (nSPS) is 20.4. The Kier molecular flexibility index (Phi) is 3.43. The lowest BCUT2D eigenvalue weighted by molar-refractivity contribution is -0.117. The Morgan fingerprint density at radius 3 is 2.71 bits per heavy atom. The molecule has 0 aromatic heterocycles. The quantitative estimate of drug-likeness (QED) is 0.783. The average Bonchev–Trinajstić information content (AvgIpc) is 2.64. The van der Waals surface area contributed by atoms with Crippen LogP contribution in [0.15, 0.2) is 18.2 Å². The molecule has 0 bridgehead atoms. The van der Waals surface area contributed by atoms with Gasteiger partial charge in [-0.1, -0.05) is 25.4 Å². The van der Waals surface area contributed by atoms with E-state index in [0.29, 0.717) is 18.4 Å². The number of rotatable bonds is 2. The Bertz CT molecular complexity index is 442. The van der Waals surface area contributed by atoms with Crippen molar-refractivity contribution in [2.75, 3.05) is 4.90 Å². The molecule has 92 valence electrons. The molecule has 1 saturated heterocycles. The van der Waals surface area contributed by atoms with Crippen LogP contribution >= 0.6 is 11.6 Å². The summed E-state index contributed by atoms with van der Waals surface area (Å²) in [5, 5.41) is 0.751. The van der Waals surface area contributed by atoms with E-state index in [-0.39, 0.29) is 5.91 Å². The monoisotopic (exact) mass is 251 g/mol. The molecule has 1 aliphatic heterocycles. The molecule has 2 nitrogen and oxygen atoms in total. The molecule has 17 heavy (non-hydrogen) atoms. The molecule has 0 radical (unpaired) electrons. The van der Waals surface area contributed by atoms with Crippen LogP contribution in [0.2, 0.25) is 5.02 Å². The van der Waals surface area contributed by atoms with E-state index in [4.69, 9.17) is 11.6 Å². The van der Waals surface area contributed by atoms with Gasteiger partial charge in [-0.15, -0.1) is 0 Å². The standard InChI is InChI=1S/C14H18ClNO/c1-9(2)13-6-7-14(17)16(13)11-4-5-12(15)10(3)8-11/h4-5,8-9,13H,6-7H2,1-3H3. The molecule has 0 aliphatic carbocycles. The molecule has 1 heterocycles. The predicted molar refractivity (Wildman–Crippen MR) is 71.5 cm³/mol. The zero-order valence-electron chi connectivity index (χ0n) is 10.5. The van der Waals surface area contributed by atoms with Crippen molar-refractivity contribution in [1.82, 2.24) is 0 Å². The van der Waals surface area contributed by atoms with E-state index < -0.39 is 0 Å². The van der Waals surface area contributed by atoms with Gasteiger partial charge >= 0.3 is 0 Å². The number of amides is 1. The molecule has 0 saturated carbocycles. The van der Waals surface area contributed by atoms with Gasteiger partial charge in [-0.25, -0.2) is 0 Å². The number of benzene rings is 1. The van der Waals surface area contributed by atoms with Crippen molar-refractivity contribution < 1.29 is 4.79 Å². The minimum absolute atomic E-state index is 0.227. The molecule has 1 atom stereocenters. The zero-order valence-corrected chi connectivity index (χ0v) is 11.3. The van der Waals surface area contributed by atoms with Crippen molar-refractivity contribution >= 4 is 23.2 Å². The topological polar surface area (TPSA) is 20.3 Å². The van der Waals surface area contributed by atoms with Crippen LogP contribution in [0.1, 0.15) is 32.3 Å². The lowest BCUT2D eigenvalue weighted by atomic mass is 10.0. The molecule has 1 amide bonds. The fraction of sp³-hybridized carbons (Fsp3) is 0.500.